The fraction of sp³-hybridized carbons (Fsp3) is 0. The van der Waals surface area contributed by atoms with Crippen LogP contribution in [0, 0.1) is 0 Å². The van der Waals surface area contributed by atoms with Crippen molar-refractivity contribution in [2.45, 2.75) is 0 Å². The third-order valence-corrected chi connectivity index (χ3v) is 3.01. The maximum absolute atomic E-state index is 9.59. The van der Waals surface area contributed by atoms with Gasteiger partial charge in [-0.1, -0.05) is 42.5 Å². The lowest BCUT2D eigenvalue weighted by atomic mass is 10.1. The number of fused-ring (bicyclic) bond motifs is 1. The van der Waals surface area contributed by atoms with Crippen molar-refractivity contribution in [2.24, 2.45) is 0 Å². The molecule has 0 spiro atoms. The van der Waals surface area contributed by atoms with Crippen LogP contribution in [0.15, 0.2) is 60.8 Å². The number of hydrogen-bond donors (Lipinski definition) is 1. The second-order valence-electron chi connectivity index (χ2n) is 4.35. The van der Waals surface area contributed by atoms with Crippen molar-refractivity contribution in [1.29, 1.82) is 0 Å². The van der Waals surface area contributed by atoms with Crippen molar-refractivity contribution in [3.8, 4) is 5.75 Å². The van der Waals surface area contributed by atoms with Crippen LogP contribution >= 0.6 is 0 Å². The Bertz CT molecular complexity index is 733. The lowest BCUT2D eigenvalue weighted by molar-refractivity contribution is 0.476. The summed E-state index contributed by atoms with van der Waals surface area (Å²) in [6.07, 6.45) is 5.88. The maximum Gasteiger partial charge on any atom is 0.116 e. The maximum atomic E-state index is 9.59. The van der Waals surface area contributed by atoms with Crippen molar-refractivity contribution in [3.63, 3.8) is 0 Å². The van der Waals surface area contributed by atoms with Gasteiger partial charge in [0.05, 0.1) is 5.52 Å². The number of benzene rings is 2. The SMILES string of the molecule is Oc1ccc2nccc(/C=C\c3ccccc3)c2c1. The van der Waals surface area contributed by atoms with Gasteiger partial charge in [-0.2, -0.15) is 0 Å². The fourth-order valence-corrected chi connectivity index (χ4v) is 2.05. The topological polar surface area (TPSA) is 33.1 Å². The summed E-state index contributed by atoms with van der Waals surface area (Å²) in [4.78, 5) is 4.29. The Balaban J connectivity index is 2.06. The molecule has 3 rings (SSSR count). The Morgan fingerprint density at radius 3 is 2.58 bits per heavy atom. The van der Waals surface area contributed by atoms with Gasteiger partial charge < -0.3 is 5.11 Å². The van der Waals surface area contributed by atoms with E-state index in [-0.39, 0.29) is 5.75 Å². The van der Waals surface area contributed by atoms with Crippen LogP contribution in [-0.2, 0) is 0 Å². The van der Waals surface area contributed by atoms with Gasteiger partial charge in [-0.3, -0.25) is 4.98 Å². The molecule has 0 bridgehead atoms. The van der Waals surface area contributed by atoms with E-state index in [1.165, 1.54) is 0 Å². The van der Waals surface area contributed by atoms with Crippen molar-refractivity contribution in [1.82, 2.24) is 4.98 Å². The number of hydrogen-bond acceptors (Lipinski definition) is 2. The minimum absolute atomic E-state index is 0.259. The van der Waals surface area contributed by atoms with E-state index in [1.54, 1.807) is 18.3 Å². The van der Waals surface area contributed by atoms with Crippen molar-refractivity contribution in [3.05, 3.63) is 71.9 Å². The van der Waals surface area contributed by atoms with Gasteiger partial charge in [-0.25, -0.2) is 0 Å². The summed E-state index contributed by atoms with van der Waals surface area (Å²) in [6.45, 7) is 0. The quantitative estimate of drug-likeness (QED) is 0.739. The lowest BCUT2D eigenvalue weighted by Crippen LogP contribution is -1.82. The summed E-state index contributed by atoms with van der Waals surface area (Å²) in [5.74, 6) is 0.259. The Labute approximate surface area is 111 Å². The molecule has 0 saturated carbocycles. The number of rotatable bonds is 2. The van der Waals surface area contributed by atoms with E-state index in [4.69, 9.17) is 0 Å². The van der Waals surface area contributed by atoms with Crippen LogP contribution in [0.2, 0.25) is 0 Å². The largest absolute Gasteiger partial charge is 0.508 e. The molecular formula is C17H13NO. The third kappa shape index (κ3) is 2.47. The van der Waals surface area contributed by atoms with Gasteiger partial charge in [0.25, 0.3) is 0 Å². The summed E-state index contributed by atoms with van der Waals surface area (Å²) < 4.78 is 0. The van der Waals surface area contributed by atoms with Crippen LogP contribution in [0.25, 0.3) is 23.1 Å². The van der Waals surface area contributed by atoms with Crippen LogP contribution in [-0.4, -0.2) is 10.1 Å². The summed E-state index contributed by atoms with van der Waals surface area (Å²) in [5.41, 5.74) is 3.07. The monoisotopic (exact) mass is 247 g/mol. The highest BCUT2D eigenvalue weighted by Gasteiger charge is 2.00. The van der Waals surface area contributed by atoms with Gasteiger partial charge in [0.2, 0.25) is 0 Å². The van der Waals surface area contributed by atoms with Crippen LogP contribution < -0.4 is 0 Å². The van der Waals surface area contributed by atoms with Crippen LogP contribution in [0.3, 0.4) is 0 Å². The molecule has 0 unspecified atom stereocenters. The molecule has 1 heterocycles. The molecule has 0 saturated heterocycles. The average Bonchev–Trinajstić information content (AvgIpc) is 2.46. The van der Waals surface area contributed by atoms with Gasteiger partial charge in [0.15, 0.2) is 0 Å². The first-order valence-electron chi connectivity index (χ1n) is 6.14. The van der Waals surface area contributed by atoms with Crippen molar-refractivity contribution >= 4 is 23.1 Å². The smallest absolute Gasteiger partial charge is 0.116 e. The molecule has 19 heavy (non-hydrogen) atoms. The predicted molar refractivity (Wildman–Crippen MR) is 78.8 cm³/mol. The van der Waals surface area contributed by atoms with Gasteiger partial charge in [0.1, 0.15) is 5.75 Å². The number of aromatic nitrogens is 1. The normalized spacial score (nSPS) is 11.2. The molecule has 0 radical (unpaired) electrons. The number of pyridine rings is 1. The Kier molecular flexibility index (Phi) is 2.99. The number of phenols is 1. The Hall–Kier alpha value is -2.61. The van der Waals surface area contributed by atoms with E-state index in [1.807, 2.05) is 36.4 Å². The molecule has 0 aliphatic rings. The molecule has 0 fully saturated rings. The highest BCUT2D eigenvalue weighted by molar-refractivity contribution is 5.91. The second kappa shape index (κ2) is 4.94. The molecule has 0 amide bonds. The number of nitrogens with zero attached hydrogens (tertiary/aromatic N) is 1. The van der Waals surface area contributed by atoms with Gasteiger partial charge in [-0.05, 0) is 35.4 Å². The van der Waals surface area contributed by atoms with Gasteiger partial charge in [-0.15, -0.1) is 0 Å². The zero-order valence-electron chi connectivity index (χ0n) is 10.3. The summed E-state index contributed by atoms with van der Waals surface area (Å²) in [7, 11) is 0. The van der Waals surface area contributed by atoms with E-state index in [0.29, 0.717) is 0 Å². The van der Waals surface area contributed by atoms with Crippen LogP contribution in [0.1, 0.15) is 11.1 Å². The van der Waals surface area contributed by atoms with E-state index in [2.05, 4.69) is 23.2 Å². The van der Waals surface area contributed by atoms with E-state index in [9.17, 15) is 5.11 Å². The summed E-state index contributed by atoms with van der Waals surface area (Å²) >= 11 is 0. The van der Waals surface area contributed by atoms with Crippen molar-refractivity contribution < 1.29 is 5.11 Å². The molecule has 2 aromatic carbocycles. The molecule has 2 nitrogen and oxygen atoms in total. The minimum atomic E-state index is 0.259. The average molecular weight is 247 g/mol. The van der Waals surface area contributed by atoms with E-state index in [0.717, 1.165) is 22.0 Å². The molecule has 3 aromatic rings. The first kappa shape index (κ1) is 11.5. The molecule has 92 valence electrons. The zero-order chi connectivity index (χ0) is 13.1. The fourth-order valence-electron chi connectivity index (χ4n) is 2.05. The molecule has 2 heteroatoms. The van der Waals surface area contributed by atoms with Gasteiger partial charge >= 0.3 is 0 Å². The Morgan fingerprint density at radius 1 is 0.895 bits per heavy atom. The Morgan fingerprint density at radius 2 is 1.74 bits per heavy atom. The van der Waals surface area contributed by atoms with Crippen LogP contribution in [0.4, 0.5) is 0 Å². The van der Waals surface area contributed by atoms with Crippen molar-refractivity contribution in [2.75, 3.05) is 0 Å². The molecule has 1 aromatic heterocycles. The molecule has 0 atom stereocenters. The molecule has 1 N–H and O–H groups in total. The highest BCUT2D eigenvalue weighted by Crippen LogP contribution is 2.23. The molecular weight excluding hydrogens is 234 g/mol. The highest BCUT2D eigenvalue weighted by atomic mass is 16.3. The zero-order valence-corrected chi connectivity index (χ0v) is 10.3. The number of phenolic OH excluding ortho intramolecular Hbond substituents is 1. The molecule has 0 aliphatic carbocycles. The predicted octanol–water partition coefficient (Wildman–Crippen LogP) is 4.11. The molecule has 0 aliphatic heterocycles. The van der Waals surface area contributed by atoms with Gasteiger partial charge in [0, 0.05) is 11.6 Å². The summed E-state index contributed by atoms with van der Waals surface area (Å²) in [6, 6.07) is 17.3. The number of aromatic hydroxyl groups is 1. The lowest BCUT2D eigenvalue weighted by Gasteiger charge is -2.02. The summed E-state index contributed by atoms with van der Waals surface area (Å²) in [5, 5.41) is 10.5. The minimum Gasteiger partial charge on any atom is -0.508 e. The standard InChI is InChI=1S/C17H13NO/c19-15-8-9-17-16(12-15)14(10-11-18-17)7-6-13-4-2-1-3-5-13/h1-12,19H/b7-6-. The third-order valence-electron chi connectivity index (χ3n) is 3.01. The van der Waals surface area contributed by atoms with E-state index < -0.39 is 0 Å². The van der Waals surface area contributed by atoms with Crippen LogP contribution in [0.5, 0.6) is 5.75 Å². The first-order valence-corrected chi connectivity index (χ1v) is 6.14. The first-order chi connectivity index (χ1) is 9.33. The second-order valence-corrected chi connectivity index (χ2v) is 4.35. The van der Waals surface area contributed by atoms with E-state index >= 15 is 0 Å².